The number of sulfonamides is 1. The molecule has 118 valence electrons. The lowest BCUT2D eigenvalue weighted by Gasteiger charge is -2.21. The third-order valence-corrected chi connectivity index (χ3v) is 5.61. The summed E-state index contributed by atoms with van der Waals surface area (Å²) < 4.78 is 32.2. The average Bonchev–Trinajstić information content (AvgIpc) is 2.47. The summed E-state index contributed by atoms with van der Waals surface area (Å²) in [6.07, 6.45) is 7.17. The normalized spacial score (nSPS) is 16.8. The molecule has 0 saturated heterocycles. The monoisotopic (exact) mass is 312 g/mol. The fourth-order valence-electron chi connectivity index (χ4n) is 2.85. The zero-order chi connectivity index (χ0) is 15.3. The fourth-order valence-corrected chi connectivity index (χ4v) is 4.01. The Kier molecular flexibility index (Phi) is 5.47. The molecule has 3 N–H and O–H groups in total. The Bertz CT molecular complexity index is 566. The van der Waals surface area contributed by atoms with Gasteiger partial charge in [0.25, 0.3) is 0 Å². The van der Waals surface area contributed by atoms with Crippen molar-refractivity contribution in [3.63, 3.8) is 0 Å². The van der Waals surface area contributed by atoms with Gasteiger partial charge in [0.1, 0.15) is 10.6 Å². The van der Waals surface area contributed by atoms with Gasteiger partial charge in [0.2, 0.25) is 10.0 Å². The van der Waals surface area contributed by atoms with Crippen molar-refractivity contribution in [2.24, 2.45) is 5.92 Å². The molecular weight excluding hydrogens is 288 g/mol. The molecular formula is C15H24N2O3S. The number of nitrogen functional groups attached to an aromatic ring is 1. The smallest absolute Gasteiger partial charge is 0.242 e. The van der Waals surface area contributed by atoms with Gasteiger partial charge < -0.3 is 10.5 Å². The van der Waals surface area contributed by atoms with E-state index < -0.39 is 10.0 Å². The van der Waals surface area contributed by atoms with Gasteiger partial charge in [0, 0.05) is 12.6 Å². The molecule has 0 aromatic heterocycles. The number of anilines is 1. The van der Waals surface area contributed by atoms with Crippen LogP contribution in [0.25, 0.3) is 0 Å². The first-order chi connectivity index (χ1) is 10.0. The molecule has 1 aliphatic rings. The van der Waals surface area contributed by atoms with Gasteiger partial charge in [-0.3, -0.25) is 0 Å². The molecule has 0 bridgehead atoms. The predicted octanol–water partition coefficient (Wildman–Crippen LogP) is 2.53. The summed E-state index contributed by atoms with van der Waals surface area (Å²) in [5, 5.41) is 0. The molecule has 0 radical (unpaired) electrons. The minimum Gasteiger partial charge on any atom is -0.497 e. The van der Waals surface area contributed by atoms with Crippen LogP contribution in [0.1, 0.15) is 38.5 Å². The maximum absolute atomic E-state index is 12.3. The van der Waals surface area contributed by atoms with E-state index in [1.54, 1.807) is 6.07 Å². The van der Waals surface area contributed by atoms with Crippen molar-refractivity contribution in [3.05, 3.63) is 18.2 Å². The Morgan fingerprint density at radius 1 is 1.29 bits per heavy atom. The number of ether oxygens (including phenoxy) is 1. The molecule has 6 heteroatoms. The van der Waals surface area contributed by atoms with E-state index in [0.29, 0.717) is 18.2 Å². The molecule has 1 aliphatic carbocycles. The summed E-state index contributed by atoms with van der Waals surface area (Å²) >= 11 is 0. The molecule has 0 heterocycles. The van der Waals surface area contributed by atoms with Crippen molar-refractivity contribution >= 4 is 15.7 Å². The molecule has 0 amide bonds. The number of hydrogen-bond acceptors (Lipinski definition) is 4. The lowest BCUT2D eigenvalue weighted by molar-refractivity contribution is 0.339. The maximum Gasteiger partial charge on any atom is 0.242 e. The van der Waals surface area contributed by atoms with Gasteiger partial charge in [0.15, 0.2) is 0 Å². The van der Waals surface area contributed by atoms with E-state index in [-0.39, 0.29) is 10.6 Å². The Morgan fingerprint density at radius 2 is 2.00 bits per heavy atom. The van der Waals surface area contributed by atoms with Crippen LogP contribution >= 0.6 is 0 Å². The summed E-state index contributed by atoms with van der Waals surface area (Å²) in [5.41, 5.74) is 6.01. The first kappa shape index (κ1) is 16.1. The van der Waals surface area contributed by atoms with Crippen LogP contribution < -0.4 is 15.2 Å². The quantitative estimate of drug-likeness (QED) is 0.791. The van der Waals surface area contributed by atoms with E-state index in [4.69, 9.17) is 10.5 Å². The zero-order valence-corrected chi connectivity index (χ0v) is 13.3. The molecule has 5 nitrogen and oxygen atoms in total. The third kappa shape index (κ3) is 4.35. The molecule has 1 saturated carbocycles. The lowest BCUT2D eigenvalue weighted by Crippen LogP contribution is -2.27. The van der Waals surface area contributed by atoms with Crippen molar-refractivity contribution in [2.75, 3.05) is 19.4 Å². The van der Waals surface area contributed by atoms with Gasteiger partial charge in [-0.2, -0.15) is 0 Å². The number of benzene rings is 1. The number of nitrogens with one attached hydrogen (secondary N) is 1. The van der Waals surface area contributed by atoms with E-state index >= 15 is 0 Å². The highest BCUT2D eigenvalue weighted by molar-refractivity contribution is 7.89. The van der Waals surface area contributed by atoms with E-state index in [1.165, 1.54) is 51.3 Å². The Labute approximate surface area is 126 Å². The van der Waals surface area contributed by atoms with Crippen LogP contribution in [0.3, 0.4) is 0 Å². The highest BCUT2D eigenvalue weighted by Gasteiger charge is 2.19. The Hall–Kier alpha value is -1.27. The summed E-state index contributed by atoms with van der Waals surface area (Å²) in [6.45, 7) is 0.471. The van der Waals surface area contributed by atoms with Crippen LogP contribution in [0, 0.1) is 5.92 Å². The SMILES string of the molecule is COc1ccc(S(=O)(=O)NCCC2CCCCC2)c(N)c1. The van der Waals surface area contributed by atoms with Gasteiger partial charge in [-0.25, -0.2) is 13.1 Å². The fraction of sp³-hybridized carbons (Fsp3) is 0.600. The summed E-state index contributed by atoms with van der Waals surface area (Å²) in [7, 11) is -2.03. The molecule has 0 atom stereocenters. The molecule has 2 rings (SSSR count). The Balaban J connectivity index is 1.94. The zero-order valence-electron chi connectivity index (χ0n) is 12.5. The summed E-state index contributed by atoms with van der Waals surface area (Å²) in [5.74, 6) is 1.20. The number of hydrogen-bond donors (Lipinski definition) is 2. The molecule has 21 heavy (non-hydrogen) atoms. The number of methoxy groups -OCH3 is 1. The number of nitrogens with two attached hydrogens (primary N) is 1. The van der Waals surface area contributed by atoms with Crippen LogP contribution in [0.5, 0.6) is 5.75 Å². The van der Waals surface area contributed by atoms with Crippen molar-refractivity contribution in [2.45, 2.75) is 43.4 Å². The van der Waals surface area contributed by atoms with Crippen molar-refractivity contribution < 1.29 is 13.2 Å². The highest BCUT2D eigenvalue weighted by atomic mass is 32.2. The van der Waals surface area contributed by atoms with E-state index in [0.717, 1.165) is 6.42 Å². The van der Waals surface area contributed by atoms with E-state index in [9.17, 15) is 8.42 Å². The first-order valence-electron chi connectivity index (χ1n) is 7.46. The molecule has 1 aromatic carbocycles. The minimum atomic E-state index is -3.55. The van der Waals surface area contributed by atoms with Gasteiger partial charge in [0.05, 0.1) is 12.8 Å². The van der Waals surface area contributed by atoms with Crippen LogP contribution in [0.15, 0.2) is 23.1 Å². The van der Waals surface area contributed by atoms with Crippen LogP contribution in [0.4, 0.5) is 5.69 Å². The van der Waals surface area contributed by atoms with E-state index in [2.05, 4.69) is 4.72 Å². The number of rotatable bonds is 6. The molecule has 1 fully saturated rings. The predicted molar refractivity (Wildman–Crippen MR) is 83.8 cm³/mol. The Morgan fingerprint density at radius 3 is 2.62 bits per heavy atom. The second-order valence-corrected chi connectivity index (χ2v) is 7.33. The molecule has 0 aliphatic heterocycles. The van der Waals surface area contributed by atoms with Crippen molar-refractivity contribution in [1.29, 1.82) is 0 Å². The minimum absolute atomic E-state index is 0.118. The lowest BCUT2D eigenvalue weighted by atomic mass is 9.87. The van der Waals surface area contributed by atoms with Crippen LogP contribution in [-0.2, 0) is 10.0 Å². The van der Waals surface area contributed by atoms with Gasteiger partial charge in [-0.1, -0.05) is 32.1 Å². The topological polar surface area (TPSA) is 81.4 Å². The van der Waals surface area contributed by atoms with E-state index in [1.807, 2.05) is 0 Å². The molecule has 0 spiro atoms. The maximum atomic E-state index is 12.3. The van der Waals surface area contributed by atoms with Crippen molar-refractivity contribution in [1.82, 2.24) is 4.72 Å². The second-order valence-electron chi connectivity index (χ2n) is 5.59. The summed E-state index contributed by atoms with van der Waals surface area (Å²) in [4.78, 5) is 0.118. The third-order valence-electron chi connectivity index (χ3n) is 4.08. The highest BCUT2D eigenvalue weighted by Crippen LogP contribution is 2.26. The molecule has 0 unspecified atom stereocenters. The van der Waals surface area contributed by atoms with Crippen LogP contribution in [0.2, 0.25) is 0 Å². The first-order valence-corrected chi connectivity index (χ1v) is 8.94. The second kappa shape index (κ2) is 7.13. The van der Waals surface area contributed by atoms with Crippen molar-refractivity contribution in [3.8, 4) is 5.75 Å². The largest absolute Gasteiger partial charge is 0.497 e. The van der Waals surface area contributed by atoms with Gasteiger partial charge >= 0.3 is 0 Å². The average molecular weight is 312 g/mol. The van der Waals surface area contributed by atoms with Gasteiger partial charge in [-0.15, -0.1) is 0 Å². The summed E-state index contributed by atoms with van der Waals surface area (Å²) in [6, 6.07) is 4.61. The molecule has 1 aromatic rings. The van der Waals surface area contributed by atoms with Crippen LogP contribution in [-0.4, -0.2) is 22.1 Å². The standard InChI is InChI=1S/C15H24N2O3S/c1-20-13-7-8-15(14(16)11-13)21(18,19)17-10-9-12-5-3-2-4-6-12/h7-8,11-12,17H,2-6,9-10,16H2,1H3. The van der Waals surface area contributed by atoms with Gasteiger partial charge in [-0.05, 0) is 24.5 Å².